The van der Waals surface area contributed by atoms with Crippen molar-refractivity contribution in [3.05, 3.63) is 0 Å². The van der Waals surface area contributed by atoms with Crippen LogP contribution in [0.2, 0.25) is 0 Å². The fraction of sp³-hybridized carbons (Fsp3) is 0.960. The molecule has 0 aliphatic carbocycles. The van der Waals surface area contributed by atoms with Crippen LogP contribution in [0.15, 0.2) is 0 Å². The normalized spacial score (nSPS) is 12.6. The van der Waals surface area contributed by atoms with Gasteiger partial charge < -0.3 is 20.3 Å². The number of esters is 1. The minimum absolute atomic E-state index is 0.00985. The zero-order chi connectivity index (χ0) is 40.8. The minimum atomic E-state index is -0.673. The van der Waals surface area contributed by atoms with Crippen molar-refractivity contribution < 1.29 is 24.5 Å². The molecule has 6 heteroatoms. The third-order valence-electron chi connectivity index (χ3n) is 11.9. The molecule has 2 atom stereocenters. The number of nitrogens with one attached hydrogen (secondary N) is 1. The molecule has 334 valence electrons. The summed E-state index contributed by atoms with van der Waals surface area (Å²) in [6.45, 7) is 4.92. The first kappa shape index (κ1) is 54.9. The van der Waals surface area contributed by atoms with Crippen molar-refractivity contribution in [3.8, 4) is 0 Å². The molecule has 0 saturated heterocycles. The third-order valence-corrected chi connectivity index (χ3v) is 11.9. The Labute approximate surface area is 349 Å². The summed E-state index contributed by atoms with van der Waals surface area (Å²) in [7, 11) is 0. The van der Waals surface area contributed by atoms with Crippen LogP contribution in [0.5, 0.6) is 0 Å². The van der Waals surface area contributed by atoms with Gasteiger partial charge in [-0.2, -0.15) is 0 Å². The number of aliphatic hydroxyl groups is 2. The fourth-order valence-corrected chi connectivity index (χ4v) is 7.99. The van der Waals surface area contributed by atoms with Gasteiger partial charge in [0.1, 0.15) is 0 Å². The molecule has 0 bridgehead atoms. The van der Waals surface area contributed by atoms with E-state index in [0.29, 0.717) is 25.9 Å². The molecular formula is C50H99NO5. The molecule has 0 spiro atoms. The lowest BCUT2D eigenvalue weighted by molar-refractivity contribution is -0.143. The molecule has 2 unspecified atom stereocenters. The zero-order valence-corrected chi connectivity index (χ0v) is 37.9. The van der Waals surface area contributed by atoms with Gasteiger partial charge >= 0.3 is 5.97 Å². The van der Waals surface area contributed by atoms with E-state index in [-0.39, 0.29) is 18.5 Å². The van der Waals surface area contributed by atoms with Crippen LogP contribution in [0, 0.1) is 0 Å². The first-order chi connectivity index (χ1) is 27.5. The summed E-state index contributed by atoms with van der Waals surface area (Å²) in [4.78, 5) is 24.5. The average molecular weight is 794 g/mol. The van der Waals surface area contributed by atoms with Crippen LogP contribution in [0.3, 0.4) is 0 Å². The van der Waals surface area contributed by atoms with Crippen molar-refractivity contribution in [2.24, 2.45) is 0 Å². The molecule has 1 amide bonds. The smallest absolute Gasteiger partial charge is 0.305 e. The van der Waals surface area contributed by atoms with E-state index in [1.165, 1.54) is 193 Å². The number of carbonyl (C=O) groups is 2. The Morgan fingerprint density at radius 2 is 0.732 bits per heavy atom. The van der Waals surface area contributed by atoms with Crippen LogP contribution in [0.4, 0.5) is 0 Å². The number of hydrogen-bond donors (Lipinski definition) is 3. The molecule has 0 aromatic carbocycles. The molecule has 0 rings (SSSR count). The standard InChI is InChI=1S/C50H99NO5/c1-3-5-7-9-11-13-15-17-18-19-20-24-28-32-36-40-44-50(55)56-45-41-37-33-29-25-21-23-27-31-35-39-43-49(54)51-47(46-52)48(53)42-38-34-30-26-22-16-14-12-10-8-6-4-2/h47-48,52-53H,3-46H2,1-2H3,(H,51,54). The Bertz CT molecular complexity index is 791. The van der Waals surface area contributed by atoms with Crippen LogP contribution in [0.1, 0.15) is 284 Å². The number of rotatable bonds is 47. The van der Waals surface area contributed by atoms with Crippen molar-refractivity contribution in [3.63, 3.8) is 0 Å². The summed E-state index contributed by atoms with van der Waals surface area (Å²) in [6.07, 6.45) is 50.6. The third kappa shape index (κ3) is 42.5. The summed E-state index contributed by atoms with van der Waals surface area (Å²) < 4.78 is 5.46. The van der Waals surface area contributed by atoms with E-state index in [4.69, 9.17) is 4.74 Å². The largest absolute Gasteiger partial charge is 0.466 e. The predicted octanol–water partition coefficient (Wildman–Crippen LogP) is 14.8. The van der Waals surface area contributed by atoms with E-state index in [2.05, 4.69) is 19.2 Å². The van der Waals surface area contributed by atoms with Gasteiger partial charge in [-0.3, -0.25) is 9.59 Å². The summed E-state index contributed by atoms with van der Waals surface area (Å²) in [5, 5.41) is 23.1. The van der Waals surface area contributed by atoms with Gasteiger partial charge in [0, 0.05) is 12.8 Å². The van der Waals surface area contributed by atoms with Gasteiger partial charge in [0.25, 0.3) is 0 Å². The number of carbonyl (C=O) groups excluding carboxylic acids is 2. The molecule has 0 radical (unpaired) electrons. The predicted molar refractivity (Wildman–Crippen MR) is 241 cm³/mol. The number of ether oxygens (including phenoxy) is 1. The molecule has 6 nitrogen and oxygen atoms in total. The van der Waals surface area contributed by atoms with E-state index >= 15 is 0 Å². The highest BCUT2D eigenvalue weighted by Crippen LogP contribution is 2.17. The SMILES string of the molecule is CCCCCCCCCCCCCCCCCCC(=O)OCCCCCCCCCCCCCC(=O)NC(CO)C(O)CCCCCCCCCCCCCC. The monoisotopic (exact) mass is 794 g/mol. The zero-order valence-electron chi connectivity index (χ0n) is 37.9. The van der Waals surface area contributed by atoms with E-state index in [9.17, 15) is 19.8 Å². The highest BCUT2D eigenvalue weighted by molar-refractivity contribution is 5.76. The summed E-state index contributed by atoms with van der Waals surface area (Å²) in [5.74, 6) is -0.0627. The van der Waals surface area contributed by atoms with Gasteiger partial charge in [0.2, 0.25) is 5.91 Å². The molecule has 0 saturated carbocycles. The molecular weight excluding hydrogens is 695 g/mol. The molecule has 56 heavy (non-hydrogen) atoms. The Morgan fingerprint density at radius 3 is 1.09 bits per heavy atom. The lowest BCUT2D eigenvalue weighted by Gasteiger charge is -2.22. The van der Waals surface area contributed by atoms with Crippen LogP contribution < -0.4 is 5.32 Å². The number of aliphatic hydroxyl groups excluding tert-OH is 2. The molecule has 0 aliphatic heterocycles. The fourth-order valence-electron chi connectivity index (χ4n) is 7.99. The molecule has 0 heterocycles. The Kier molecular flexibility index (Phi) is 45.6. The first-order valence-electron chi connectivity index (χ1n) is 25.3. The van der Waals surface area contributed by atoms with E-state index in [0.717, 1.165) is 57.8 Å². The Balaban J connectivity index is 3.43. The summed E-state index contributed by atoms with van der Waals surface area (Å²) in [6, 6.07) is -0.552. The first-order valence-corrected chi connectivity index (χ1v) is 25.3. The lowest BCUT2D eigenvalue weighted by atomic mass is 10.0. The lowest BCUT2D eigenvalue weighted by Crippen LogP contribution is -2.45. The van der Waals surface area contributed by atoms with E-state index < -0.39 is 12.1 Å². The second-order valence-corrected chi connectivity index (χ2v) is 17.5. The molecule has 0 aromatic rings. The van der Waals surface area contributed by atoms with Gasteiger partial charge in [-0.25, -0.2) is 0 Å². The topological polar surface area (TPSA) is 95.9 Å². The quantitative estimate of drug-likeness (QED) is 0.0421. The Morgan fingerprint density at radius 1 is 0.429 bits per heavy atom. The van der Waals surface area contributed by atoms with Crippen LogP contribution in [-0.4, -0.2) is 47.4 Å². The maximum Gasteiger partial charge on any atom is 0.305 e. The van der Waals surface area contributed by atoms with Crippen molar-refractivity contribution in [2.75, 3.05) is 13.2 Å². The highest BCUT2D eigenvalue weighted by atomic mass is 16.5. The summed E-state index contributed by atoms with van der Waals surface area (Å²) in [5.41, 5.74) is 0. The van der Waals surface area contributed by atoms with Gasteiger partial charge in [0.05, 0.1) is 25.4 Å². The van der Waals surface area contributed by atoms with E-state index in [1.807, 2.05) is 0 Å². The Hall–Kier alpha value is -1.14. The van der Waals surface area contributed by atoms with Crippen LogP contribution in [0.25, 0.3) is 0 Å². The molecule has 3 N–H and O–H groups in total. The molecule has 0 fully saturated rings. The van der Waals surface area contributed by atoms with Crippen molar-refractivity contribution in [1.82, 2.24) is 5.32 Å². The number of hydrogen-bond acceptors (Lipinski definition) is 5. The second kappa shape index (κ2) is 46.5. The maximum atomic E-state index is 12.4. The van der Waals surface area contributed by atoms with Gasteiger partial charge in [-0.1, -0.05) is 245 Å². The summed E-state index contributed by atoms with van der Waals surface area (Å²) >= 11 is 0. The van der Waals surface area contributed by atoms with Gasteiger partial charge in [0.15, 0.2) is 0 Å². The minimum Gasteiger partial charge on any atom is -0.466 e. The number of unbranched alkanes of at least 4 members (excludes halogenated alkanes) is 36. The van der Waals surface area contributed by atoms with Crippen molar-refractivity contribution >= 4 is 11.9 Å². The van der Waals surface area contributed by atoms with Gasteiger partial charge in [-0.05, 0) is 25.7 Å². The maximum absolute atomic E-state index is 12.4. The average Bonchev–Trinajstić information content (AvgIpc) is 3.20. The van der Waals surface area contributed by atoms with Crippen LogP contribution >= 0.6 is 0 Å². The van der Waals surface area contributed by atoms with E-state index in [1.54, 1.807) is 0 Å². The molecule has 0 aliphatic rings. The van der Waals surface area contributed by atoms with Crippen molar-refractivity contribution in [2.45, 2.75) is 296 Å². The van der Waals surface area contributed by atoms with Crippen molar-refractivity contribution in [1.29, 1.82) is 0 Å². The number of amides is 1. The van der Waals surface area contributed by atoms with Crippen LogP contribution in [-0.2, 0) is 14.3 Å². The van der Waals surface area contributed by atoms with Gasteiger partial charge in [-0.15, -0.1) is 0 Å². The second-order valence-electron chi connectivity index (χ2n) is 17.5. The highest BCUT2D eigenvalue weighted by Gasteiger charge is 2.20. The molecule has 0 aromatic heterocycles.